The number of anilines is 2. The highest BCUT2D eigenvalue weighted by Gasteiger charge is 2.18. The first kappa shape index (κ1) is 13.2. The van der Waals surface area contributed by atoms with Gasteiger partial charge in [-0.25, -0.2) is 4.98 Å². The van der Waals surface area contributed by atoms with E-state index in [0.717, 1.165) is 11.5 Å². The molecule has 3 nitrogen and oxygen atoms in total. The molecule has 106 valence electrons. The molecule has 0 spiro atoms. The van der Waals surface area contributed by atoms with E-state index in [9.17, 15) is 0 Å². The van der Waals surface area contributed by atoms with Crippen molar-refractivity contribution >= 4 is 22.3 Å². The fraction of sp³-hybridized carbons (Fsp3) is 0.471. The van der Waals surface area contributed by atoms with Crippen molar-refractivity contribution in [1.82, 2.24) is 4.98 Å². The zero-order valence-electron chi connectivity index (χ0n) is 12.6. The Bertz CT molecular complexity index is 613. The van der Waals surface area contributed by atoms with Crippen molar-refractivity contribution in [1.29, 1.82) is 0 Å². The zero-order chi connectivity index (χ0) is 14.1. The molecular weight excluding hydrogens is 246 g/mol. The molecule has 20 heavy (non-hydrogen) atoms. The third kappa shape index (κ3) is 2.33. The highest BCUT2D eigenvalue weighted by atomic mass is 15.1. The monoisotopic (exact) mass is 269 g/mol. The Morgan fingerprint density at radius 1 is 1.10 bits per heavy atom. The molecule has 0 bridgehead atoms. The van der Waals surface area contributed by atoms with Crippen LogP contribution < -0.4 is 10.2 Å². The number of rotatable bonds is 3. The van der Waals surface area contributed by atoms with Gasteiger partial charge < -0.3 is 10.2 Å². The summed E-state index contributed by atoms with van der Waals surface area (Å²) in [6.45, 7) is 2.11. The first-order valence-electron chi connectivity index (χ1n) is 7.50. The van der Waals surface area contributed by atoms with E-state index in [0.29, 0.717) is 6.04 Å². The molecule has 2 aromatic rings. The van der Waals surface area contributed by atoms with Gasteiger partial charge in [0.2, 0.25) is 0 Å². The van der Waals surface area contributed by atoms with E-state index in [-0.39, 0.29) is 0 Å². The first-order chi connectivity index (χ1) is 9.66. The van der Waals surface area contributed by atoms with Crippen molar-refractivity contribution in [3.63, 3.8) is 0 Å². The van der Waals surface area contributed by atoms with E-state index in [4.69, 9.17) is 4.98 Å². The molecular formula is C17H23N3. The number of hydrogen-bond donors (Lipinski definition) is 1. The second-order valence-electron chi connectivity index (χ2n) is 5.96. The summed E-state index contributed by atoms with van der Waals surface area (Å²) in [6, 6.07) is 9.18. The van der Waals surface area contributed by atoms with Gasteiger partial charge in [0.15, 0.2) is 0 Å². The van der Waals surface area contributed by atoms with Crippen LogP contribution in [-0.2, 0) is 0 Å². The minimum Gasteiger partial charge on any atom is -0.380 e. The molecule has 1 aliphatic rings. The van der Waals surface area contributed by atoms with Crippen molar-refractivity contribution in [2.24, 2.45) is 0 Å². The number of pyridine rings is 1. The molecule has 0 saturated heterocycles. The molecule has 0 atom stereocenters. The Labute approximate surface area is 121 Å². The molecule has 1 N–H and O–H groups in total. The van der Waals surface area contributed by atoms with Gasteiger partial charge in [0, 0.05) is 30.9 Å². The van der Waals surface area contributed by atoms with Gasteiger partial charge >= 0.3 is 0 Å². The van der Waals surface area contributed by atoms with Crippen LogP contribution in [0.4, 0.5) is 11.5 Å². The van der Waals surface area contributed by atoms with Crippen LogP contribution in [0.1, 0.15) is 31.4 Å². The van der Waals surface area contributed by atoms with Crippen LogP contribution in [0.2, 0.25) is 0 Å². The summed E-state index contributed by atoms with van der Waals surface area (Å²) in [6.07, 6.45) is 5.25. The smallest absolute Gasteiger partial charge is 0.136 e. The SMILES string of the molecule is Cc1nc(N(C)C)c2ccccc2c1NC1CCCC1. The van der Waals surface area contributed by atoms with E-state index >= 15 is 0 Å². The number of aryl methyl sites for hydroxylation is 1. The van der Waals surface area contributed by atoms with Gasteiger partial charge in [0.1, 0.15) is 5.82 Å². The Hall–Kier alpha value is -1.77. The van der Waals surface area contributed by atoms with E-state index < -0.39 is 0 Å². The number of hydrogen-bond acceptors (Lipinski definition) is 3. The molecule has 0 radical (unpaired) electrons. The lowest BCUT2D eigenvalue weighted by Gasteiger charge is -2.21. The van der Waals surface area contributed by atoms with Crippen LogP contribution in [0.5, 0.6) is 0 Å². The van der Waals surface area contributed by atoms with Crippen molar-refractivity contribution in [3.05, 3.63) is 30.0 Å². The lowest BCUT2D eigenvalue weighted by Crippen LogP contribution is -2.18. The molecule has 1 heterocycles. The summed E-state index contributed by atoms with van der Waals surface area (Å²) >= 11 is 0. The number of nitrogens with one attached hydrogen (secondary N) is 1. The van der Waals surface area contributed by atoms with Gasteiger partial charge in [-0.05, 0) is 19.8 Å². The third-order valence-electron chi connectivity index (χ3n) is 4.20. The van der Waals surface area contributed by atoms with Crippen LogP contribution in [-0.4, -0.2) is 25.1 Å². The summed E-state index contributed by atoms with van der Waals surface area (Å²) in [7, 11) is 4.11. The van der Waals surface area contributed by atoms with Crippen molar-refractivity contribution < 1.29 is 0 Å². The average molecular weight is 269 g/mol. The lowest BCUT2D eigenvalue weighted by molar-refractivity contribution is 0.754. The highest BCUT2D eigenvalue weighted by Crippen LogP contribution is 2.34. The number of nitrogens with zero attached hydrogens (tertiary/aromatic N) is 2. The predicted octanol–water partition coefficient (Wildman–Crippen LogP) is 3.96. The Morgan fingerprint density at radius 3 is 2.40 bits per heavy atom. The molecule has 1 aliphatic carbocycles. The van der Waals surface area contributed by atoms with Crippen LogP contribution in [0.3, 0.4) is 0 Å². The minimum atomic E-state index is 0.615. The zero-order valence-corrected chi connectivity index (χ0v) is 12.6. The average Bonchev–Trinajstić information content (AvgIpc) is 2.94. The van der Waals surface area contributed by atoms with Crippen LogP contribution >= 0.6 is 0 Å². The van der Waals surface area contributed by atoms with Crippen molar-refractivity contribution in [2.45, 2.75) is 38.6 Å². The molecule has 1 saturated carbocycles. The Balaban J connectivity index is 2.11. The fourth-order valence-corrected chi connectivity index (χ4v) is 3.16. The maximum atomic E-state index is 4.81. The van der Waals surface area contributed by atoms with Crippen LogP contribution in [0.15, 0.2) is 24.3 Å². The van der Waals surface area contributed by atoms with E-state index in [1.54, 1.807) is 0 Å². The van der Waals surface area contributed by atoms with Crippen LogP contribution in [0, 0.1) is 6.92 Å². The van der Waals surface area contributed by atoms with E-state index in [1.165, 1.54) is 42.1 Å². The predicted molar refractivity (Wildman–Crippen MR) is 86.7 cm³/mol. The second-order valence-corrected chi connectivity index (χ2v) is 5.96. The normalized spacial score (nSPS) is 15.8. The quantitative estimate of drug-likeness (QED) is 0.914. The second kappa shape index (κ2) is 5.31. The summed E-state index contributed by atoms with van der Waals surface area (Å²) < 4.78 is 0. The van der Waals surface area contributed by atoms with Gasteiger partial charge in [0.05, 0.1) is 11.4 Å². The van der Waals surface area contributed by atoms with E-state index in [1.807, 2.05) is 0 Å². The number of benzene rings is 1. The molecule has 0 aliphatic heterocycles. The lowest BCUT2D eigenvalue weighted by atomic mass is 10.1. The molecule has 1 fully saturated rings. The maximum absolute atomic E-state index is 4.81. The number of fused-ring (bicyclic) bond motifs is 1. The number of aromatic nitrogens is 1. The summed E-state index contributed by atoms with van der Waals surface area (Å²) in [5.74, 6) is 1.05. The Morgan fingerprint density at radius 2 is 1.75 bits per heavy atom. The van der Waals surface area contributed by atoms with Crippen molar-refractivity contribution in [2.75, 3.05) is 24.3 Å². The summed E-state index contributed by atoms with van der Waals surface area (Å²) in [4.78, 5) is 6.90. The third-order valence-corrected chi connectivity index (χ3v) is 4.20. The standard InChI is InChI=1S/C17H23N3/c1-12-16(19-13-8-4-5-9-13)14-10-6-7-11-15(14)17(18-12)20(2)3/h6-7,10-11,13,19H,4-5,8-9H2,1-3H3. The first-order valence-corrected chi connectivity index (χ1v) is 7.50. The molecule has 0 unspecified atom stereocenters. The minimum absolute atomic E-state index is 0.615. The van der Waals surface area contributed by atoms with Gasteiger partial charge in [-0.2, -0.15) is 0 Å². The molecule has 1 aromatic heterocycles. The van der Waals surface area contributed by atoms with Crippen molar-refractivity contribution in [3.8, 4) is 0 Å². The summed E-state index contributed by atoms with van der Waals surface area (Å²) in [5, 5.41) is 6.25. The van der Waals surface area contributed by atoms with Gasteiger partial charge in [0.25, 0.3) is 0 Å². The molecule has 0 amide bonds. The maximum Gasteiger partial charge on any atom is 0.136 e. The van der Waals surface area contributed by atoms with E-state index in [2.05, 4.69) is 55.5 Å². The molecule has 3 rings (SSSR count). The van der Waals surface area contributed by atoms with Gasteiger partial charge in [-0.15, -0.1) is 0 Å². The Kier molecular flexibility index (Phi) is 3.51. The highest BCUT2D eigenvalue weighted by molar-refractivity contribution is 6.01. The molecule has 1 aromatic carbocycles. The topological polar surface area (TPSA) is 28.2 Å². The largest absolute Gasteiger partial charge is 0.380 e. The van der Waals surface area contributed by atoms with Crippen LogP contribution in [0.25, 0.3) is 10.8 Å². The molecule has 3 heteroatoms. The fourth-order valence-electron chi connectivity index (χ4n) is 3.16. The summed E-state index contributed by atoms with van der Waals surface area (Å²) in [5.41, 5.74) is 2.32. The van der Waals surface area contributed by atoms with Gasteiger partial charge in [-0.1, -0.05) is 37.1 Å². The van der Waals surface area contributed by atoms with Gasteiger partial charge in [-0.3, -0.25) is 0 Å².